The van der Waals surface area contributed by atoms with Gasteiger partial charge in [-0.1, -0.05) is 54.1 Å². The third kappa shape index (κ3) is 6.26. The predicted octanol–water partition coefficient (Wildman–Crippen LogP) is 2.33. The van der Waals surface area contributed by atoms with Crippen molar-refractivity contribution in [1.82, 2.24) is 15.5 Å². The van der Waals surface area contributed by atoms with Gasteiger partial charge in [-0.2, -0.15) is 0 Å². The van der Waals surface area contributed by atoms with Crippen molar-refractivity contribution >= 4 is 46.7 Å². The van der Waals surface area contributed by atoms with E-state index in [0.717, 1.165) is 5.56 Å². The van der Waals surface area contributed by atoms with E-state index >= 15 is 0 Å². The van der Waals surface area contributed by atoms with Crippen molar-refractivity contribution in [2.75, 3.05) is 19.7 Å². The Kier molecular flexibility index (Phi) is 7.97. The zero-order valence-electron chi connectivity index (χ0n) is 16.7. The highest BCUT2D eigenvalue weighted by molar-refractivity contribution is 7.80. The SMILES string of the molecule is O=C(CC1C(=O)NCCN1C(=S)NC(=O)c1ccccc1Cl)OCCc1ccccc1. The van der Waals surface area contributed by atoms with Gasteiger partial charge < -0.3 is 15.0 Å². The molecule has 1 atom stereocenters. The van der Waals surface area contributed by atoms with Crippen LogP contribution in [0, 0.1) is 0 Å². The first kappa shape index (κ1) is 22.7. The average Bonchev–Trinajstić information content (AvgIpc) is 2.76. The highest BCUT2D eigenvalue weighted by Crippen LogP contribution is 2.16. The molecule has 0 saturated carbocycles. The largest absolute Gasteiger partial charge is 0.465 e. The minimum Gasteiger partial charge on any atom is -0.465 e. The molecular formula is C22H22ClN3O4S. The first-order valence-corrected chi connectivity index (χ1v) is 10.6. The van der Waals surface area contributed by atoms with Crippen LogP contribution >= 0.6 is 23.8 Å². The number of benzene rings is 2. The quantitative estimate of drug-likeness (QED) is 0.509. The summed E-state index contributed by atoms with van der Waals surface area (Å²) >= 11 is 11.4. The van der Waals surface area contributed by atoms with Crippen molar-refractivity contribution in [3.05, 3.63) is 70.7 Å². The minimum atomic E-state index is -0.864. The van der Waals surface area contributed by atoms with Crippen molar-refractivity contribution in [3.63, 3.8) is 0 Å². The lowest BCUT2D eigenvalue weighted by Crippen LogP contribution is -2.60. The second-order valence-electron chi connectivity index (χ2n) is 6.90. The molecule has 1 fully saturated rings. The highest BCUT2D eigenvalue weighted by Gasteiger charge is 2.34. The molecule has 1 aliphatic heterocycles. The fourth-order valence-corrected chi connectivity index (χ4v) is 3.72. The Balaban J connectivity index is 1.58. The molecule has 2 aromatic rings. The van der Waals surface area contributed by atoms with Crippen LogP contribution in [0.2, 0.25) is 5.02 Å². The van der Waals surface area contributed by atoms with Gasteiger partial charge in [-0.15, -0.1) is 0 Å². The minimum absolute atomic E-state index is 0.0573. The summed E-state index contributed by atoms with van der Waals surface area (Å²) in [5.74, 6) is -1.34. The number of carbonyl (C=O) groups excluding carboxylic acids is 3. The second kappa shape index (κ2) is 10.9. The van der Waals surface area contributed by atoms with E-state index in [1.54, 1.807) is 24.3 Å². The maximum atomic E-state index is 12.5. The Labute approximate surface area is 190 Å². The van der Waals surface area contributed by atoms with E-state index < -0.39 is 17.9 Å². The van der Waals surface area contributed by atoms with Crippen molar-refractivity contribution in [3.8, 4) is 0 Å². The standard InChI is InChI=1S/C22H22ClN3O4S/c23-17-9-5-4-8-16(17)20(28)25-22(31)26-12-11-24-21(29)18(26)14-19(27)30-13-10-15-6-2-1-3-7-15/h1-9,18H,10-14H2,(H,24,29)(H,25,28,31). The zero-order valence-corrected chi connectivity index (χ0v) is 18.2. The molecule has 0 spiro atoms. The van der Waals surface area contributed by atoms with Gasteiger partial charge in [0.1, 0.15) is 6.04 Å². The summed E-state index contributed by atoms with van der Waals surface area (Å²) in [4.78, 5) is 38.8. The smallest absolute Gasteiger partial charge is 0.308 e. The van der Waals surface area contributed by atoms with Crippen LogP contribution in [-0.2, 0) is 20.7 Å². The molecule has 2 aromatic carbocycles. The molecule has 1 heterocycles. The number of esters is 1. The van der Waals surface area contributed by atoms with E-state index in [1.165, 1.54) is 4.90 Å². The fraction of sp³-hybridized carbons (Fsp3) is 0.273. The molecule has 2 amide bonds. The van der Waals surface area contributed by atoms with Crippen LogP contribution in [0.15, 0.2) is 54.6 Å². The van der Waals surface area contributed by atoms with Crippen molar-refractivity contribution in [2.24, 2.45) is 0 Å². The molecule has 162 valence electrons. The number of rotatable bonds is 6. The van der Waals surface area contributed by atoms with Crippen molar-refractivity contribution in [2.45, 2.75) is 18.9 Å². The summed E-state index contributed by atoms with van der Waals surface area (Å²) in [6.45, 7) is 0.917. The number of nitrogens with zero attached hydrogens (tertiary/aromatic N) is 1. The Morgan fingerprint density at radius 3 is 2.61 bits per heavy atom. The lowest BCUT2D eigenvalue weighted by molar-refractivity contribution is -0.147. The van der Waals surface area contributed by atoms with Gasteiger partial charge in [-0.05, 0) is 29.9 Å². The van der Waals surface area contributed by atoms with Gasteiger partial charge in [0.05, 0.1) is 23.6 Å². The van der Waals surface area contributed by atoms with E-state index in [-0.39, 0.29) is 34.6 Å². The first-order chi connectivity index (χ1) is 15.0. The van der Waals surface area contributed by atoms with Gasteiger partial charge in [0.2, 0.25) is 5.91 Å². The monoisotopic (exact) mass is 459 g/mol. The predicted molar refractivity (Wildman–Crippen MR) is 121 cm³/mol. The van der Waals surface area contributed by atoms with Gasteiger partial charge in [0.25, 0.3) is 5.91 Å². The van der Waals surface area contributed by atoms with Crippen molar-refractivity contribution in [1.29, 1.82) is 0 Å². The lowest BCUT2D eigenvalue weighted by atomic mass is 10.1. The molecular weight excluding hydrogens is 438 g/mol. The number of carbonyl (C=O) groups is 3. The Hall–Kier alpha value is -2.97. The van der Waals surface area contributed by atoms with Crippen molar-refractivity contribution < 1.29 is 19.1 Å². The van der Waals surface area contributed by atoms with Gasteiger partial charge >= 0.3 is 5.97 Å². The lowest BCUT2D eigenvalue weighted by Gasteiger charge is -2.36. The number of hydrogen-bond acceptors (Lipinski definition) is 5. The molecule has 0 bridgehead atoms. The number of amides is 2. The van der Waals surface area contributed by atoms with Crippen LogP contribution < -0.4 is 10.6 Å². The molecule has 1 saturated heterocycles. The fourth-order valence-electron chi connectivity index (χ4n) is 3.19. The van der Waals surface area contributed by atoms with Crippen LogP contribution in [0.25, 0.3) is 0 Å². The Bertz CT molecular complexity index is 970. The summed E-state index contributed by atoms with van der Waals surface area (Å²) in [7, 11) is 0. The molecule has 9 heteroatoms. The van der Waals surface area contributed by atoms with Gasteiger partial charge in [-0.3, -0.25) is 19.7 Å². The van der Waals surface area contributed by atoms with E-state index in [4.69, 9.17) is 28.6 Å². The topological polar surface area (TPSA) is 87.7 Å². The molecule has 1 aliphatic rings. The molecule has 0 aliphatic carbocycles. The van der Waals surface area contributed by atoms with E-state index in [0.29, 0.717) is 19.5 Å². The van der Waals surface area contributed by atoms with Crippen LogP contribution in [0.3, 0.4) is 0 Å². The summed E-state index contributed by atoms with van der Waals surface area (Å²) in [5, 5.41) is 5.66. The molecule has 7 nitrogen and oxygen atoms in total. The summed E-state index contributed by atoms with van der Waals surface area (Å²) in [6.07, 6.45) is 0.405. The number of hydrogen-bond donors (Lipinski definition) is 2. The Morgan fingerprint density at radius 1 is 1.16 bits per heavy atom. The number of ether oxygens (including phenoxy) is 1. The third-order valence-electron chi connectivity index (χ3n) is 4.79. The maximum Gasteiger partial charge on any atom is 0.308 e. The first-order valence-electron chi connectivity index (χ1n) is 9.79. The van der Waals surface area contributed by atoms with Gasteiger partial charge in [0, 0.05) is 19.5 Å². The zero-order chi connectivity index (χ0) is 22.2. The molecule has 31 heavy (non-hydrogen) atoms. The maximum absolute atomic E-state index is 12.5. The summed E-state index contributed by atoms with van der Waals surface area (Å²) in [5.41, 5.74) is 1.32. The Morgan fingerprint density at radius 2 is 1.87 bits per heavy atom. The van der Waals surface area contributed by atoms with Crippen LogP contribution in [0.5, 0.6) is 0 Å². The average molecular weight is 460 g/mol. The summed E-state index contributed by atoms with van der Waals surface area (Å²) < 4.78 is 5.30. The van der Waals surface area contributed by atoms with Gasteiger partial charge in [-0.25, -0.2) is 0 Å². The molecule has 1 unspecified atom stereocenters. The van der Waals surface area contributed by atoms with E-state index in [2.05, 4.69) is 10.6 Å². The molecule has 2 N–H and O–H groups in total. The normalized spacial score (nSPS) is 15.7. The second-order valence-corrected chi connectivity index (χ2v) is 7.69. The number of nitrogens with one attached hydrogen (secondary N) is 2. The highest BCUT2D eigenvalue weighted by atomic mass is 35.5. The number of piperazine rings is 1. The van der Waals surface area contributed by atoms with Crippen LogP contribution in [0.4, 0.5) is 0 Å². The van der Waals surface area contributed by atoms with E-state index in [1.807, 2.05) is 30.3 Å². The van der Waals surface area contributed by atoms with Crippen LogP contribution in [0.1, 0.15) is 22.3 Å². The third-order valence-corrected chi connectivity index (χ3v) is 5.45. The molecule has 0 radical (unpaired) electrons. The van der Waals surface area contributed by atoms with Gasteiger partial charge in [0.15, 0.2) is 5.11 Å². The summed E-state index contributed by atoms with van der Waals surface area (Å²) in [6, 6.07) is 15.4. The van der Waals surface area contributed by atoms with Crippen LogP contribution in [-0.4, -0.2) is 53.5 Å². The van der Waals surface area contributed by atoms with E-state index in [9.17, 15) is 14.4 Å². The molecule has 3 rings (SSSR count). The number of thiocarbonyl (C=S) groups is 1. The molecule has 0 aromatic heterocycles. The number of halogens is 1.